The average Bonchev–Trinajstić information content (AvgIpc) is 2.35. The van der Waals surface area contributed by atoms with Crippen LogP contribution in [-0.2, 0) is 6.54 Å². The summed E-state index contributed by atoms with van der Waals surface area (Å²) in [6, 6.07) is 8.92. The third kappa shape index (κ3) is 2.84. The number of anilines is 1. The summed E-state index contributed by atoms with van der Waals surface area (Å²) in [6.45, 7) is 0.398. The highest BCUT2D eigenvalue weighted by Gasteiger charge is 2.03. The predicted octanol–water partition coefficient (Wildman–Crippen LogP) is 3.50. The summed E-state index contributed by atoms with van der Waals surface area (Å²) in [5.74, 6) is -0.844. The summed E-state index contributed by atoms with van der Waals surface area (Å²) < 4.78 is 13.2. The van der Waals surface area contributed by atoms with Crippen LogP contribution in [0.15, 0.2) is 36.4 Å². The van der Waals surface area contributed by atoms with Gasteiger partial charge in [0.2, 0.25) is 0 Å². The van der Waals surface area contributed by atoms with E-state index in [0.29, 0.717) is 12.2 Å². The molecule has 0 spiro atoms. The van der Waals surface area contributed by atoms with Gasteiger partial charge in [0, 0.05) is 12.2 Å². The second-order valence-electron chi connectivity index (χ2n) is 3.81. The largest absolute Gasteiger partial charge is 0.504 e. The molecular formula is C13H11ClFNO2. The van der Waals surface area contributed by atoms with E-state index < -0.39 is 5.82 Å². The number of nitrogens with one attached hydrogen (secondary N) is 1. The van der Waals surface area contributed by atoms with Crippen LogP contribution in [0.4, 0.5) is 10.1 Å². The van der Waals surface area contributed by atoms with Crippen LogP contribution in [0.25, 0.3) is 0 Å². The van der Waals surface area contributed by atoms with Crippen molar-refractivity contribution in [1.29, 1.82) is 0 Å². The number of phenols is 2. The van der Waals surface area contributed by atoms with Gasteiger partial charge in [-0.1, -0.05) is 17.7 Å². The van der Waals surface area contributed by atoms with E-state index in [0.717, 1.165) is 5.56 Å². The number of rotatable bonds is 3. The highest BCUT2D eigenvalue weighted by atomic mass is 35.5. The Morgan fingerprint density at radius 3 is 2.50 bits per heavy atom. The minimum atomic E-state index is -0.491. The number of benzene rings is 2. The first-order chi connectivity index (χ1) is 8.56. The van der Waals surface area contributed by atoms with E-state index >= 15 is 0 Å². The zero-order valence-corrected chi connectivity index (χ0v) is 10.1. The van der Waals surface area contributed by atoms with Gasteiger partial charge in [0.25, 0.3) is 0 Å². The van der Waals surface area contributed by atoms with Crippen molar-refractivity contribution in [2.75, 3.05) is 5.32 Å². The van der Waals surface area contributed by atoms with Crippen LogP contribution in [0.2, 0.25) is 5.02 Å². The van der Waals surface area contributed by atoms with E-state index in [1.807, 2.05) is 0 Å². The lowest BCUT2D eigenvalue weighted by atomic mass is 10.2. The van der Waals surface area contributed by atoms with Gasteiger partial charge in [0.15, 0.2) is 11.5 Å². The Morgan fingerprint density at radius 2 is 1.83 bits per heavy atom. The molecule has 0 aliphatic carbocycles. The second kappa shape index (κ2) is 5.14. The molecule has 2 aromatic rings. The SMILES string of the molecule is Oc1ccc(CNc2ccc(Cl)c(F)c2)cc1O. The fraction of sp³-hybridized carbons (Fsp3) is 0.0769. The van der Waals surface area contributed by atoms with E-state index in [4.69, 9.17) is 16.7 Å². The maximum Gasteiger partial charge on any atom is 0.157 e. The van der Waals surface area contributed by atoms with E-state index in [1.54, 1.807) is 12.1 Å². The molecule has 0 amide bonds. The highest BCUT2D eigenvalue weighted by Crippen LogP contribution is 2.25. The summed E-state index contributed by atoms with van der Waals surface area (Å²) >= 11 is 5.57. The van der Waals surface area contributed by atoms with Crippen molar-refractivity contribution < 1.29 is 14.6 Å². The Balaban J connectivity index is 2.06. The molecule has 94 valence electrons. The van der Waals surface area contributed by atoms with Gasteiger partial charge in [0.1, 0.15) is 5.82 Å². The summed E-state index contributed by atoms with van der Waals surface area (Å²) in [6.07, 6.45) is 0. The Bertz CT molecular complexity index is 523. The lowest BCUT2D eigenvalue weighted by Gasteiger charge is -2.08. The normalized spacial score (nSPS) is 10.3. The van der Waals surface area contributed by atoms with Crippen LogP contribution in [0.1, 0.15) is 5.56 Å². The molecule has 0 fully saturated rings. The maximum atomic E-state index is 13.2. The van der Waals surface area contributed by atoms with Gasteiger partial charge in [-0.25, -0.2) is 4.39 Å². The van der Waals surface area contributed by atoms with Crippen LogP contribution in [-0.4, -0.2) is 10.2 Å². The molecular weight excluding hydrogens is 257 g/mol. The molecule has 0 bridgehead atoms. The summed E-state index contributed by atoms with van der Waals surface area (Å²) in [5, 5.41) is 21.5. The molecule has 5 heteroatoms. The minimum Gasteiger partial charge on any atom is -0.504 e. The average molecular weight is 268 g/mol. The lowest BCUT2D eigenvalue weighted by molar-refractivity contribution is 0.403. The molecule has 0 radical (unpaired) electrons. The standard InChI is InChI=1S/C13H11ClFNO2/c14-10-3-2-9(6-11(10)15)16-7-8-1-4-12(17)13(18)5-8/h1-6,16-18H,7H2. The smallest absolute Gasteiger partial charge is 0.157 e. The second-order valence-corrected chi connectivity index (χ2v) is 4.21. The Morgan fingerprint density at radius 1 is 1.06 bits per heavy atom. The van der Waals surface area contributed by atoms with Gasteiger partial charge in [-0.15, -0.1) is 0 Å². The van der Waals surface area contributed by atoms with Crippen LogP contribution in [0.3, 0.4) is 0 Å². The van der Waals surface area contributed by atoms with Gasteiger partial charge in [0.05, 0.1) is 5.02 Å². The molecule has 2 rings (SSSR count). The minimum absolute atomic E-state index is 0.0721. The molecule has 0 atom stereocenters. The van der Waals surface area contributed by atoms with Crippen LogP contribution in [0.5, 0.6) is 11.5 Å². The number of halogens is 2. The molecule has 0 saturated carbocycles. The predicted molar refractivity (Wildman–Crippen MR) is 68.5 cm³/mol. The third-order valence-corrected chi connectivity index (χ3v) is 2.76. The maximum absolute atomic E-state index is 13.2. The van der Waals surface area contributed by atoms with E-state index in [-0.39, 0.29) is 16.5 Å². The zero-order valence-electron chi connectivity index (χ0n) is 9.32. The fourth-order valence-electron chi connectivity index (χ4n) is 1.49. The molecule has 0 aliphatic heterocycles. The van der Waals surface area contributed by atoms with Gasteiger partial charge < -0.3 is 15.5 Å². The Hall–Kier alpha value is -1.94. The Labute approximate surface area is 108 Å². The quantitative estimate of drug-likeness (QED) is 0.746. The number of hydrogen-bond acceptors (Lipinski definition) is 3. The summed E-state index contributed by atoms with van der Waals surface area (Å²) in [4.78, 5) is 0. The van der Waals surface area contributed by atoms with Crippen molar-refractivity contribution in [3.8, 4) is 11.5 Å². The third-order valence-electron chi connectivity index (χ3n) is 2.46. The van der Waals surface area contributed by atoms with Gasteiger partial charge in [-0.05, 0) is 35.9 Å². The zero-order chi connectivity index (χ0) is 13.1. The topological polar surface area (TPSA) is 52.5 Å². The van der Waals surface area contributed by atoms with Crippen LogP contribution in [0, 0.1) is 5.82 Å². The number of aromatic hydroxyl groups is 2. The molecule has 0 heterocycles. The van der Waals surface area contributed by atoms with Gasteiger partial charge in [-0.2, -0.15) is 0 Å². The molecule has 0 aromatic heterocycles. The van der Waals surface area contributed by atoms with Gasteiger partial charge in [-0.3, -0.25) is 0 Å². The van der Waals surface area contributed by atoms with Crippen molar-refractivity contribution in [2.24, 2.45) is 0 Å². The Kier molecular flexibility index (Phi) is 3.58. The lowest BCUT2D eigenvalue weighted by Crippen LogP contribution is -1.99. The molecule has 0 saturated heterocycles. The highest BCUT2D eigenvalue weighted by molar-refractivity contribution is 6.30. The van der Waals surface area contributed by atoms with Crippen molar-refractivity contribution in [3.63, 3.8) is 0 Å². The first-order valence-corrected chi connectivity index (χ1v) is 5.64. The molecule has 0 unspecified atom stereocenters. The monoisotopic (exact) mass is 267 g/mol. The summed E-state index contributed by atoms with van der Waals surface area (Å²) in [7, 11) is 0. The number of phenolic OH excluding ortho intramolecular Hbond substituents is 2. The first kappa shape index (κ1) is 12.5. The van der Waals surface area contributed by atoms with Crippen molar-refractivity contribution in [3.05, 3.63) is 52.8 Å². The molecule has 3 N–H and O–H groups in total. The van der Waals surface area contributed by atoms with Crippen molar-refractivity contribution in [1.82, 2.24) is 0 Å². The molecule has 3 nitrogen and oxygen atoms in total. The first-order valence-electron chi connectivity index (χ1n) is 5.26. The van der Waals surface area contributed by atoms with Crippen molar-refractivity contribution >= 4 is 17.3 Å². The van der Waals surface area contributed by atoms with E-state index in [9.17, 15) is 9.50 Å². The number of hydrogen-bond donors (Lipinski definition) is 3. The van der Waals surface area contributed by atoms with Crippen LogP contribution < -0.4 is 5.32 Å². The molecule has 2 aromatic carbocycles. The fourth-order valence-corrected chi connectivity index (χ4v) is 1.61. The molecule has 0 aliphatic rings. The summed E-state index contributed by atoms with van der Waals surface area (Å²) in [5.41, 5.74) is 1.35. The molecule has 18 heavy (non-hydrogen) atoms. The van der Waals surface area contributed by atoms with E-state index in [2.05, 4.69) is 5.32 Å². The van der Waals surface area contributed by atoms with E-state index in [1.165, 1.54) is 24.3 Å². The van der Waals surface area contributed by atoms with Gasteiger partial charge >= 0.3 is 0 Å². The van der Waals surface area contributed by atoms with Crippen LogP contribution >= 0.6 is 11.6 Å². The van der Waals surface area contributed by atoms with Crippen molar-refractivity contribution in [2.45, 2.75) is 6.54 Å².